The van der Waals surface area contributed by atoms with Crippen molar-refractivity contribution in [3.05, 3.63) is 65.2 Å². The van der Waals surface area contributed by atoms with Gasteiger partial charge in [-0.15, -0.1) is 0 Å². The Kier molecular flexibility index (Phi) is 7.74. The summed E-state index contributed by atoms with van der Waals surface area (Å²) in [5.74, 6) is 0.647. The predicted octanol–water partition coefficient (Wildman–Crippen LogP) is 4.46. The van der Waals surface area contributed by atoms with E-state index in [-0.39, 0.29) is 23.2 Å². The minimum absolute atomic E-state index is 0.0532. The number of aromatic nitrogens is 6. The number of rotatable bonds is 6. The van der Waals surface area contributed by atoms with E-state index in [1.165, 1.54) is 0 Å². The summed E-state index contributed by atoms with van der Waals surface area (Å²) in [4.78, 5) is 29.4. The first-order valence-electron chi connectivity index (χ1n) is 14.4. The van der Waals surface area contributed by atoms with Crippen LogP contribution in [0, 0.1) is 6.92 Å². The number of fused-ring (bicyclic) bond motifs is 1. The third-order valence-electron chi connectivity index (χ3n) is 7.91. The molecular formula is C30H37N9O3. The summed E-state index contributed by atoms with van der Waals surface area (Å²) in [7, 11) is 0. The zero-order chi connectivity index (χ0) is 29.3. The minimum atomic E-state index is -0.338. The number of anilines is 2. The lowest BCUT2D eigenvalue weighted by molar-refractivity contribution is 0.0309. The molecule has 6 rings (SSSR count). The lowest BCUT2D eigenvalue weighted by atomic mass is 9.96. The third-order valence-corrected chi connectivity index (χ3v) is 7.91. The van der Waals surface area contributed by atoms with Gasteiger partial charge in [0.25, 0.3) is 11.7 Å². The van der Waals surface area contributed by atoms with Gasteiger partial charge in [0, 0.05) is 49.5 Å². The minimum Gasteiger partial charge on any atom is -0.381 e. The standard InChI is InChI=1S/C30H37N9O3/c1-18-25(16-32-37-18)35-29-31-11-7-23(34-29)19-5-6-22-20(15-19)17-39(21-9-13-41-14-10-21)12-8-24(22)33-27(40)26-36-28(42-38-26)30(2,3)4/h5-7,11,15-16,21,24H,8-10,12-14,17H2,1-4H3,(H,32,37)(H,33,40)(H,31,34,35). The van der Waals surface area contributed by atoms with Gasteiger partial charge in [-0.2, -0.15) is 10.1 Å². The molecule has 3 N–H and O–H groups in total. The van der Waals surface area contributed by atoms with E-state index >= 15 is 0 Å². The molecule has 2 aliphatic rings. The van der Waals surface area contributed by atoms with Gasteiger partial charge in [-0.05, 0) is 49.4 Å². The summed E-state index contributed by atoms with van der Waals surface area (Å²) >= 11 is 0. The van der Waals surface area contributed by atoms with E-state index in [0.29, 0.717) is 17.9 Å². The maximum Gasteiger partial charge on any atom is 0.293 e. The normalized spacial score (nSPS) is 18.3. The van der Waals surface area contributed by atoms with Crippen LogP contribution < -0.4 is 10.6 Å². The van der Waals surface area contributed by atoms with Gasteiger partial charge >= 0.3 is 0 Å². The number of hydrogen-bond acceptors (Lipinski definition) is 10. The number of carbonyl (C=O) groups is 1. The molecule has 12 heteroatoms. The van der Waals surface area contributed by atoms with Crippen molar-refractivity contribution in [3.8, 4) is 11.3 Å². The predicted molar refractivity (Wildman–Crippen MR) is 156 cm³/mol. The highest BCUT2D eigenvalue weighted by atomic mass is 16.5. The van der Waals surface area contributed by atoms with Gasteiger partial charge in [0.05, 0.1) is 29.3 Å². The van der Waals surface area contributed by atoms with Crippen molar-refractivity contribution in [2.24, 2.45) is 0 Å². The van der Waals surface area contributed by atoms with Gasteiger partial charge in [0.2, 0.25) is 11.8 Å². The second-order valence-electron chi connectivity index (χ2n) is 12.0. The fourth-order valence-electron chi connectivity index (χ4n) is 5.52. The first-order valence-corrected chi connectivity index (χ1v) is 14.4. The Morgan fingerprint density at radius 3 is 2.69 bits per heavy atom. The van der Waals surface area contributed by atoms with Crippen LogP contribution in [0.3, 0.4) is 0 Å². The summed E-state index contributed by atoms with van der Waals surface area (Å²) in [6.45, 7) is 11.0. The van der Waals surface area contributed by atoms with Crippen molar-refractivity contribution in [1.29, 1.82) is 0 Å². The molecule has 3 aromatic heterocycles. The number of nitrogens with one attached hydrogen (secondary N) is 3. The molecule has 0 spiro atoms. The lowest BCUT2D eigenvalue weighted by Crippen LogP contribution is -2.39. The van der Waals surface area contributed by atoms with Gasteiger partial charge < -0.3 is 19.9 Å². The number of hydrogen-bond donors (Lipinski definition) is 3. The second kappa shape index (κ2) is 11.6. The van der Waals surface area contributed by atoms with E-state index in [2.05, 4.69) is 59.1 Å². The molecule has 0 bridgehead atoms. The highest BCUT2D eigenvalue weighted by molar-refractivity contribution is 5.90. The van der Waals surface area contributed by atoms with Crippen LogP contribution in [0.4, 0.5) is 11.6 Å². The van der Waals surface area contributed by atoms with Gasteiger partial charge in [0.1, 0.15) is 0 Å². The van der Waals surface area contributed by atoms with Crippen molar-refractivity contribution < 1.29 is 14.1 Å². The number of carbonyl (C=O) groups excluding carboxylic acids is 1. The number of nitrogens with zero attached hydrogens (tertiary/aromatic N) is 6. The number of aryl methyl sites for hydroxylation is 1. The Hall–Kier alpha value is -4.16. The van der Waals surface area contributed by atoms with Crippen LogP contribution in [0.15, 0.2) is 41.2 Å². The summed E-state index contributed by atoms with van der Waals surface area (Å²) in [6.07, 6.45) is 6.23. The van der Waals surface area contributed by atoms with Crippen LogP contribution in [-0.2, 0) is 16.7 Å². The summed E-state index contributed by atoms with van der Waals surface area (Å²) in [6, 6.07) is 8.50. The molecule has 5 heterocycles. The lowest BCUT2D eigenvalue weighted by Gasteiger charge is -2.33. The van der Waals surface area contributed by atoms with Crippen molar-refractivity contribution in [3.63, 3.8) is 0 Å². The molecule has 1 saturated heterocycles. The molecule has 220 valence electrons. The molecule has 0 radical (unpaired) electrons. The maximum absolute atomic E-state index is 13.3. The van der Waals surface area contributed by atoms with E-state index in [9.17, 15) is 4.79 Å². The Labute approximate surface area is 244 Å². The van der Waals surface area contributed by atoms with Crippen molar-refractivity contribution in [1.82, 2.24) is 40.5 Å². The number of ether oxygens (including phenoxy) is 1. The van der Waals surface area contributed by atoms with Crippen molar-refractivity contribution in [2.45, 2.75) is 71.0 Å². The van der Waals surface area contributed by atoms with Gasteiger partial charge in [-0.25, -0.2) is 9.97 Å². The monoisotopic (exact) mass is 571 g/mol. The van der Waals surface area contributed by atoms with Crippen molar-refractivity contribution in [2.75, 3.05) is 25.1 Å². The zero-order valence-electron chi connectivity index (χ0n) is 24.5. The molecule has 12 nitrogen and oxygen atoms in total. The summed E-state index contributed by atoms with van der Waals surface area (Å²) in [5, 5.41) is 17.4. The smallest absolute Gasteiger partial charge is 0.293 e. The largest absolute Gasteiger partial charge is 0.381 e. The van der Waals surface area contributed by atoms with Crippen LogP contribution in [0.2, 0.25) is 0 Å². The zero-order valence-corrected chi connectivity index (χ0v) is 24.5. The molecule has 1 unspecified atom stereocenters. The van der Waals surface area contributed by atoms with Crippen LogP contribution in [-0.4, -0.2) is 66.9 Å². The highest BCUT2D eigenvalue weighted by Gasteiger charge is 2.31. The number of benzene rings is 1. The van der Waals surface area contributed by atoms with Crippen LogP contribution in [0.5, 0.6) is 0 Å². The first-order chi connectivity index (χ1) is 20.2. The van der Waals surface area contributed by atoms with Crippen LogP contribution in [0.1, 0.15) is 79.4 Å². The second-order valence-corrected chi connectivity index (χ2v) is 12.0. The van der Waals surface area contributed by atoms with E-state index in [4.69, 9.17) is 14.2 Å². The van der Waals surface area contributed by atoms with E-state index < -0.39 is 0 Å². The molecule has 42 heavy (non-hydrogen) atoms. The molecule has 1 atom stereocenters. The van der Waals surface area contributed by atoms with Gasteiger partial charge in [-0.1, -0.05) is 38.1 Å². The Morgan fingerprint density at radius 1 is 1.12 bits per heavy atom. The first kappa shape index (κ1) is 28.0. The number of aromatic amines is 1. The molecule has 0 saturated carbocycles. The summed E-state index contributed by atoms with van der Waals surface area (Å²) in [5.41, 5.74) is 5.43. The third kappa shape index (κ3) is 6.04. The molecule has 4 aromatic rings. The molecular weight excluding hydrogens is 534 g/mol. The average molecular weight is 572 g/mol. The van der Waals surface area contributed by atoms with E-state index in [1.54, 1.807) is 12.4 Å². The van der Waals surface area contributed by atoms with Crippen molar-refractivity contribution >= 4 is 17.5 Å². The summed E-state index contributed by atoms with van der Waals surface area (Å²) < 4.78 is 11.0. The molecule has 1 aromatic carbocycles. The van der Waals surface area contributed by atoms with Crippen LogP contribution in [0.25, 0.3) is 11.3 Å². The van der Waals surface area contributed by atoms with Gasteiger partial charge in [-0.3, -0.25) is 14.8 Å². The Bertz CT molecular complexity index is 1550. The molecule has 2 aliphatic heterocycles. The average Bonchev–Trinajstić information content (AvgIpc) is 3.61. The number of amides is 1. The van der Waals surface area contributed by atoms with Crippen LogP contribution >= 0.6 is 0 Å². The fourth-order valence-corrected chi connectivity index (χ4v) is 5.52. The molecule has 1 fully saturated rings. The molecule has 0 aliphatic carbocycles. The van der Waals surface area contributed by atoms with E-state index in [1.807, 2.05) is 33.8 Å². The Balaban J connectivity index is 1.29. The van der Waals surface area contributed by atoms with Gasteiger partial charge in [0.15, 0.2) is 0 Å². The Morgan fingerprint density at radius 2 is 1.95 bits per heavy atom. The number of H-pyrrole nitrogens is 1. The topological polar surface area (TPSA) is 147 Å². The maximum atomic E-state index is 13.3. The fraction of sp³-hybridized carbons (Fsp3) is 0.467. The highest BCUT2D eigenvalue weighted by Crippen LogP contribution is 2.33. The molecule has 1 amide bonds. The quantitative estimate of drug-likeness (QED) is 0.303. The SMILES string of the molecule is Cc1[nH]ncc1Nc1nccc(-c2ccc3c(c2)CN(C2CCOCC2)CCC3NC(=O)c2noc(C(C)(C)C)n2)n1. The van der Waals surface area contributed by atoms with E-state index in [0.717, 1.165) is 79.3 Å².